The molecule has 0 bridgehead atoms. The monoisotopic (exact) mass is 400 g/mol. The van der Waals surface area contributed by atoms with Crippen LogP contribution in [0.3, 0.4) is 0 Å². The van der Waals surface area contributed by atoms with Crippen molar-refractivity contribution in [1.29, 1.82) is 0 Å². The van der Waals surface area contributed by atoms with Crippen LogP contribution < -0.4 is 10.1 Å². The molecule has 1 atom stereocenters. The summed E-state index contributed by atoms with van der Waals surface area (Å²) >= 11 is 1.56. The molecule has 2 amide bonds. The number of carbonyl (C=O) groups excluding carboxylic acids is 2. The number of amides is 2. The zero-order chi connectivity index (χ0) is 20.5. The van der Waals surface area contributed by atoms with Gasteiger partial charge in [0.1, 0.15) is 11.8 Å². The van der Waals surface area contributed by atoms with Gasteiger partial charge in [0.15, 0.2) is 0 Å². The number of hydrogen-bond acceptors (Lipinski definition) is 4. The number of nitrogens with one attached hydrogen (secondary N) is 1. The Balaban J connectivity index is 2.04. The van der Waals surface area contributed by atoms with E-state index in [0.29, 0.717) is 12.3 Å². The van der Waals surface area contributed by atoms with Crippen molar-refractivity contribution in [2.24, 2.45) is 0 Å². The molecule has 0 fully saturated rings. The predicted molar refractivity (Wildman–Crippen MR) is 114 cm³/mol. The Labute approximate surface area is 171 Å². The van der Waals surface area contributed by atoms with Crippen molar-refractivity contribution in [3.05, 3.63) is 65.2 Å². The van der Waals surface area contributed by atoms with Crippen LogP contribution in [0.25, 0.3) is 0 Å². The molecule has 2 aromatic carbocycles. The number of carbonyl (C=O) groups is 2. The zero-order valence-electron chi connectivity index (χ0n) is 16.9. The van der Waals surface area contributed by atoms with Crippen LogP contribution in [-0.2, 0) is 21.9 Å². The molecule has 150 valence electrons. The fourth-order valence-electron chi connectivity index (χ4n) is 2.86. The highest BCUT2D eigenvalue weighted by Crippen LogP contribution is 2.18. The first-order valence-electron chi connectivity index (χ1n) is 9.22. The lowest BCUT2D eigenvalue weighted by Gasteiger charge is -2.28. The van der Waals surface area contributed by atoms with Crippen LogP contribution in [0.2, 0.25) is 0 Å². The van der Waals surface area contributed by atoms with Crippen molar-refractivity contribution in [2.45, 2.75) is 32.2 Å². The van der Waals surface area contributed by atoms with Gasteiger partial charge in [0, 0.05) is 19.3 Å². The molecule has 6 heteroatoms. The minimum absolute atomic E-state index is 0.0513. The van der Waals surface area contributed by atoms with Crippen LogP contribution in [0.5, 0.6) is 5.75 Å². The molecule has 5 nitrogen and oxygen atoms in total. The fraction of sp³-hybridized carbons (Fsp3) is 0.364. The van der Waals surface area contributed by atoms with E-state index in [4.69, 9.17) is 4.74 Å². The van der Waals surface area contributed by atoms with Gasteiger partial charge in [-0.15, -0.1) is 11.8 Å². The minimum atomic E-state index is -0.542. The topological polar surface area (TPSA) is 58.6 Å². The summed E-state index contributed by atoms with van der Waals surface area (Å²) in [5.41, 5.74) is 3.35. The van der Waals surface area contributed by atoms with Crippen molar-refractivity contribution >= 4 is 23.6 Å². The third-order valence-electron chi connectivity index (χ3n) is 4.50. The van der Waals surface area contributed by atoms with Crippen LogP contribution >= 0.6 is 11.8 Å². The van der Waals surface area contributed by atoms with Crippen molar-refractivity contribution < 1.29 is 14.3 Å². The second-order valence-corrected chi connectivity index (χ2v) is 7.63. The summed E-state index contributed by atoms with van der Waals surface area (Å²) in [4.78, 5) is 26.7. The van der Waals surface area contributed by atoms with Gasteiger partial charge in [-0.3, -0.25) is 9.59 Å². The summed E-state index contributed by atoms with van der Waals surface area (Å²) in [6, 6.07) is 15.3. The second kappa shape index (κ2) is 10.8. The molecule has 28 heavy (non-hydrogen) atoms. The SMILES string of the molecule is CNC(=O)[C@H](C)N(Cc1ccc(OC)cc1)C(=O)CSCc1cccc(C)c1. The van der Waals surface area contributed by atoms with Crippen LogP contribution in [-0.4, -0.2) is 42.7 Å². The molecular formula is C22H28N2O3S. The van der Waals surface area contributed by atoms with Gasteiger partial charge in [-0.25, -0.2) is 0 Å². The Bertz CT molecular complexity index is 793. The van der Waals surface area contributed by atoms with E-state index in [-0.39, 0.29) is 11.8 Å². The highest BCUT2D eigenvalue weighted by atomic mass is 32.2. The van der Waals surface area contributed by atoms with Crippen LogP contribution in [0.1, 0.15) is 23.6 Å². The Morgan fingerprint density at radius 1 is 1.14 bits per heavy atom. The van der Waals surface area contributed by atoms with Gasteiger partial charge in [0.2, 0.25) is 11.8 Å². The van der Waals surface area contributed by atoms with Gasteiger partial charge >= 0.3 is 0 Å². The maximum absolute atomic E-state index is 12.9. The van der Waals surface area contributed by atoms with E-state index in [2.05, 4.69) is 30.4 Å². The summed E-state index contributed by atoms with van der Waals surface area (Å²) in [5, 5.41) is 2.63. The summed E-state index contributed by atoms with van der Waals surface area (Å²) in [7, 11) is 3.20. The molecule has 0 aliphatic heterocycles. The first-order chi connectivity index (χ1) is 13.4. The molecule has 0 saturated carbocycles. The molecule has 0 radical (unpaired) electrons. The number of nitrogens with zero attached hydrogens (tertiary/aromatic N) is 1. The summed E-state index contributed by atoms with van der Waals surface area (Å²) in [6.07, 6.45) is 0. The van der Waals surface area contributed by atoms with Crippen molar-refractivity contribution in [3.63, 3.8) is 0 Å². The lowest BCUT2D eigenvalue weighted by atomic mass is 10.1. The molecular weight excluding hydrogens is 372 g/mol. The van der Waals surface area contributed by atoms with Gasteiger partial charge in [-0.2, -0.15) is 0 Å². The normalized spacial score (nSPS) is 11.6. The third-order valence-corrected chi connectivity index (χ3v) is 5.49. The smallest absolute Gasteiger partial charge is 0.242 e. The Morgan fingerprint density at radius 2 is 1.86 bits per heavy atom. The van der Waals surface area contributed by atoms with Gasteiger partial charge in [-0.05, 0) is 37.1 Å². The molecule has 2 aromatic rings. The van der Waals surface area contributed by atoms with E-state index in [1.165, 1.54) is 11.1 Å². The Hall–Kier alpha value is -2.47. The Morgan fingerprint density at radius 3 is 2.46 bits per heavy atom. The molecule has 0 spiro atoms. The van der Waals surface area contributed by atoms with Crippen molar-refractivity contribution in [1.82, 2.24) is 10.2 Å². The van der Waals surface area contributed by atoms with Gasteiger partial charge in [0.05, 0.1) is 12.9 Å². The van der Waals surface area contributed by atoms with Gasteiger partial charge < -0.3 is 15.0 Å². The van der Waals surface area contributed by atoms with E-state index in [1.54, 1.807) is 37.7 Å². The first kappa shape index (κ1) is 21.8. The number of aryl methyl sites for hydroxylation is 1. The van der Waals surface area contributed by atoms with Gasteiger partial charge in [-0.1, -0.05) is 42.0 Å². The van der Waals surface area contributed by atoms with Crippen molar-refractivity contribution in [3.8, 4) is 5.75 Å². The largest absolute Gasteiger partial charge is 0.497 e. The highest BCUT2D eigenvalue weighted by Gasteiger charge is 2.25. The standard InChI is InChI=1S/C22H28N2O3S/c1-16-6-5-7-19(12-16)14-28-15-21(25)24(17(2)22(26)23-3)13-18-8-10-20(27-4)11-9-18/h5-12,17H,13-15H2,1-4H3,(H,23,26)/t17-/m0/s1. The van der Waals surface area contributed by atoms with Crippen LogP contribution in [0.4, 0.5) is 0 Å². The molecule has 0 aliphatic rings. The molecule has 0 aliphatic carbocycles. The molecule has 0 saturated heterocycles. The summed E-state index contributed by atoms with van der Waals surface area (Å²) < 4.78 is 5.18. The number of rotatable bonds is 9. The maximum Gasteiger partial charge on any atom is 0.242 e. The zero-order valence-corrected chi connectivity index (χ0v) is 17.7. The highest BCUT2D eigenvalue weighted by molar-refractivity contribution is 7.99. The van der Waals surface area contributed by atoms with Gasteiger partial charge in [0.25, 0.3) is 0 Å². The number of ether oxygens (including phenoxy) is 1. The third kappa shape index (κ3) is 6.30. The number of thioether (sulfide) groups is 1. The molecule has 0 unspecified atom stereocenters. The molecule has 0 aromatic heterocycles. The number of likely N-dealkylation sites (N-methyl/N-ethyl adjacent to an activating group) is 1. The molecule has 2 rings (SSSR count). The van der Waals surface area contributed by atoms with E-state index in [9.17, 15) is 9.59 Å². The number of hydrogen-bond donors (Lipinski definition) is 1. The average molecular weight is 401 g/mol. The first-order valence-corrected chi connectivity index (χ1v) is 10.4. The van der Waals surface area contributed by atoms with E-state index in [0.717, 1.165) is 17.1 Å². The van der Waals surface area contributed by atoms with E-state index < -0.39 is 6.04 Å². The van der Waals surface area contributed by atoms with Crippen LogP contribution in [0.15, 0.2) is 48.5 Å². The lowest BCUT2D eigenvalue weighted by molar-refractivity contribution is -0.138. The fourth-order valence-corrected chi connectivity index (χ4v) is 3.72. The number of methoxy groups -OCH3 is 1. The van der Waals surface area contributed by atoms with E-state index in [1.807, 2.05) is 30.3 Å². The summed E-state index contributed by atoms with van der Waals surface area (Å²) in [5.74, 6) is 1.62. The summed E-state index contributed by atoms with van der Waals surface area (Å²) in [6.45, 7) is 4.19. The minimum Gasteiger partial charge on any atom is -0.497 e. The second-order valence-electron chi connectivity index (χ2n) is 6.64. The average Bonchev–Trinajstić information content (AvgIpc) is 2.71. The maximum atomic E-state index is 12.9. The van der Waals surface area contributed by atoms with Crippen LogP contribution in [0, 0.1) is 6.92 Å². The quantitative estimate of drug-likeness (QED) is 0.701. The molecule has 1 N–H and O–H groups in total. The lowest BCUT2D eigenvalue weighted by Crippen LogP contribution is -2.47. The molecule has 0 heterocycles. The number of benzene rings is 2. The Kier molecular flexibility index (Phi) is 8.39. The predicted octanol–water partition coefficient (Wildman–Crippen LogP) is 3.40. The van der Waals surface area contributed by atoms with E-state index >= 15 is 0 Å². The van der Waals surface area contributed by atoms with Crippen molar-refractivity contribution in [2.75, 3.05) is 19.9 Å².